The number of hydrogen-bond donors (Lipinski definition) is 0. The van der Waals surface area contributed by atoms with Gasteiger partial charge < -0.3 is 4.74 Å². The molecule has 0 fully saturated rings. The predicted molar refractivity (Wildman–Crippen MR) is 110 cm³/mol. The third-order valence-corrected chi connectivity index (χ3v) is 4.57. The van der Waals surface area contributed by atoms with E-state index in [0.29, 0.717) is 16.3 Å². The maximum atomic E-state index is 13.2. The number of aromatic nitrogens is 4. The number of esters is 1. The molecule has 148 valence electrons. The van der Waals surface area contributed by atoms with E-state index in [1.165, 1.54) is 4.68 Å². The molecule has 4 rings (SSSR count). The van der Waals surface area contributed by atoms with Crippen LogP contribution in [0.2, 0.25) is 5.02 Å². The van der Waals surface area contributed by atoms with Gasteiger partial charge in [0.2, 0.25) is 11.6 Å². The fourth-order valence-electron chi connectivity index (χ4n) is 3.04. The third kappa shape index (κ3) is 3.21. The van der Waals surface area contributed by atoms with Gasteiger partial charge in [-0.05, 0) is 25.1 Å². The smallest absolute Gasteiger partial charge is 0.376 e. The van der Waals surface area contributed by atoms with Crippen LogP contribution in [0.25, 0.3) is 22.7 Å². The van der Waals surface area contributed by atoms with E-state index in [1.807, 2.05) is 12.1 Å². The van der Waals surface area contributed by atoms with Gasteiger partial charge in [-0.2, -0.15) is 9.94 Å². The first-order valence-electron chi connectivity index (χ1n) is 8.99. The second kappa shape index (κ2) is 7.81. The minimum atomic E-state index is -0.802. The van der Waals surface area contributed by atoms with E-state index in [2.05, 4.69) is 10.1 Å². The van der Waals surface area contributed by atoms with Gasteiger partial charge in [0.15, 0.2) is 0 Å². The molecule has 4 aromatic rings. The van der Waals surface area contributed by atoms with Crippen molar-refractivity contribution in [3.63, 3.8) is 0 Å². The number of fused-ring (bicyclic) bond motifs is 1. The number of carbonyl (C=O) groups excluding carboxylic acids is 1. The lowest BCUT2D eigenvalue weighted by atomic mass is 10.1. The number of hydrogen-bond acceptors (Lipinski definition) is 6. The Kier molecular flexibility index (Phi) is 5.04. The van der Waals surface area contributed by atoms with Gasteiger partial charge in [0.05, 0.1) is 18.0 Å². The van der Waals surface area contributed by atoms with Crippen LogP contribution in [0.3, 0.4) is 0 Å². The van der Waals surface area contributed by atoms with Crippen molar-refractivity contribution in [2.45, 2.75) is 6.92 Å². The molecule has 0 aliphatic heterocycles. The number of ether oxygens (including phenoxy) is 1. The molecule has 0 aliphatic carbocycles. The molecule has 0 radical (unpaired) electrons. The number of nitrogens with zero attached hydrogens (tertiary/aromatic N) is 5. The van der Waals surface area contributed by atoms with Crippen LogP contribution in [0.1, 0.15) is 23.1 Å². The summed E-state index contributed by atoms with van der Waals surface area (Å²) in [6.07, 6.45) is 0. The van der Waals surface area contributed by atoms with Crippen LogP contribution in [0.5, 0.6) is 0 Å². The monoisotopic (exact) mass is 419 g/mol. The normalized spacial score (nSPS) is 10.7. The van der Waals surface area contributed by atoms with Crippen molar-refractivity contribution in [2.24, 2.45) is 0 Å². The van der Waals surface area contributed by atoms with Gasteiger partial charge in [0.1, 0.15) is 11.6 Å². The zero-order chi connectivity index (χ0) is 21.3. The highest BCUT2D eigenvalue weighted by atomic mass is 35.5. The molecule has 0 bridgehead atoms. The SMILES string of the molecule is CCOC(=O)c1nn(-c2cccc(Cl)c2)c2nc(-c3ccccc3)c(C#N)c(=O)n12. The largest absolute Gasteiger partial charge is 0.460 e. The zero-order valence-electron chi connectivity index (χ0n) is 15.7. The molecule has 0 atom stereocenters. The van der Waals surface area contributed by atoms with Gasteiger partial charge in [-0.3, -0.25) is 4.79 Å². The number of rotatable bonds is 4. The molecular formula is C21H14ClN5O3. The van der Waals surface area contributed by atoms with Gasteiger partial charge in [-0.15, -0.1) is 5.10 Å². The highest BCUT2D eigenvalue weighted by Gasteiger charge is 2.25. The first-order chi connectivity index (χ1) is 14.5. The third-order valence-electron chi connectivity index (χ3n) is 4.33. The molecule has 0 amide bonds. The fraction of sp³-hybridized carbons (Fsp3) is 0.0952. The van der Waals surface area contributed by atoms with E-state index in [-0.39, 0.29) is 29.5 Å². The fourth-order valence-corrected chi connectivity index (χ4v) is 3.23. The maximum absolute atomic E-state index is 13.2. The summed E-state index contributed by atoms with van der Waals surface area (Å²) in [6.45, 7) is 1.74. The summed E-state index contributed by atoms with van der Waals surface area (Å²) in [5.41, 5.74) is 0.366. The summed E-state index contributed by atoms with van der Waals surface area (Å²) in [6, 6.07) is 17.5. The van der Waals surface area contributed by atoms with Crippen LogP contribution in [0, 0.1) is 11.3 Å². The van der Waals surface area contributed by atoms with E-state index in [4.69, 9.17) is 16.3 Å². The molecule has 0 unspecified atom stereocenters. The molecule has 0 aliphatic rings. The minimum absolute atomic E-state index is 0.0585. The second-order valence-corrected chi connectivity index (χ2v) is 6.63. The van der Waals surface area contributed by atoms with Crippen molar-refractivity contribution in [1.82, 2.24) is 19.2 Å². The van der Waals surface area contributed by atoms with Crippen molar-refractivity contribution in [1.29, 1.82) is 5.26 Å². The first kappa shape index (κ1) is 19.4. The van der Waals surface area contributed by atoms with Crippen LogP contribution in [0.4, 0.5) is 0 Å². The van der Waals surface area contributed by atoms with Crippen molar-refractivity contribution in [2.75, 3.05) is 6.61 Å². The second-order valence-electron chi connectivity index (χ2n) is 6.19. The van der Waals surface area contributed by atoms with Gasteiger partial charge in [0, 0.05) is 10.6 Å². The molecule has 9 heteroatoms. The van der Waals surface area contributed by atoms with Crippen LogP contribution < -0.4 is 5.56 Å². The van der Waals surface area contributed by atoms with Crippen molar-refractivity contribution >= 4 is 23.3 Å². The zero-order valence-corrected chi connectivity index (χ0v) is 16.5. The Balaban J connectivity index is 2.12. The molecular weight excluding hydrogens is 406 g/mol. The van der Waals surface area contributed by atoms with E-state index >= 15 is 0 Å². The Morgan fingerprint density at radius 3 is 2.63 bits per heavy atom. The lowest BCUT2D eigenvalue weighted by Gasteiger charge is -2.06. The Morgan fingerprint density at radius 1 is 1.20 bits per heavy atom. The number of nitriles is 1. The summed E-state index contributed by atoms with van der Waals surface area (Å²) >= 11 is 6.11. The average Bonchev–Trinajstić information content (AvgIpc) is 3.14. The van der Waals surface area contributed by atoms with Gasteiger partial charge in [0.25, 0.3) is 5.56 Å². The van der Waals surface area contributed by atoms with Gasteiger partial charge in [-0.25, -0.2) is 14.2 Å². The lowest BCUT2D eigenvalue weighted by molar-refractivity contribution is 0.0509. The molecule has 0 spiro atoms. The van der Waals surface area contributed by atoms with E-state index in [9.17, 15) is 14.9 Å². The summed E-state index contributed by atoms with van der Waals surface area (Å²) in [5, 5.41) is 14.4. The van der Waals surface area contributed by atoms with Gasteiger partial charge >= 0.3 is 5.97 Å². The topological polar surface area (TPSA) is 102 Å². The highest BCUT2D eigenvalue weighted by molar-refractivity contribution is 6.30. The standard InChI is InChI=1S/C21H14ClN5O3/c1-2-30-20(29)18-25-27(15-10-6-9-14(22)11-15)21-24-17(13-7-4-3-5-8-13)16(12-23)19(28)26(18)21/h3-11H,2H2,1H3. The Morgan fingerprint density at radius 2 is 1.97 bits per heavy atom. The summed E-state index contributed by atoms with van der Waals surface area (Å²) < 4.78 is 7.36. The van der Waals surface area contributed by atoms with E-state index in [1.54, 1.807) is 55.5 Å². The molecule has 30 heavy (non-hydrogen) atoms. The van der Waals surface area contributed by atoms with Crippen molar-refractivity contribution in [3.8, 4) is 23.0 Å². The van der Waals surface area contributed by atoms with Gasteiger partial charge in [-0.1, -0.05) is 48.0 Å². The number of benzene rings is 2. The summed E-state index contributed by atoms with van der Waals surface area (Å²) in [5.74, 6) is -1.02. The molecule has 0 saturated carbocycles. The molecule has 2 aromatic heterocycles. The molecule has 2 heterocycles. The molecule has 0 N–H and O–H groups in total. The number of carbonyl (C=O) groups is 1. The lowest BCUT2D eigenvalue weighted by Crippen LogP contribution is -2.23. The Labute approximate surface area is 175 Å². The number of halogens is 1. The molecule has 8 nitrogen and oxygen atoms in total. The van der Waals surface area contributed by atoms with Crippen LogP contribution in [-0.4, -0.2) is 31.7 Å². The van der Waals surface area contributed by atoms with Crippen molar-refractivity contribution in [3.05, 3.63) is 81.4 Å². The maximum Gasteiger partial charge on any atom is 0.376 e. The minimum Gasteiger partial charge on any atom is -0.460 e. The van der Waals surface area contributed by atoms with Crippen LogP contribution in [0.15, 0.2) is 59.4 Å². The predicted octanol–water partition coefficient (Wildman–Crippen LogP) is 3.25. The Hall–Kier alpha value is -3.96. The van der Waals surface area contributed by atoms with E-state index < -0.39 is 11.5 Å². The average molecular weight is 420 g/mol. The Bertz CT molecular complexity index is 1370. The van der Waals surface area contributed by atoms with Crippen molar-refractivity contribution < 1.29 is 9.53 Å². The summed E-state index contributed by atoms with van der Waals surface area (Å²) in [7, 11) is 0. The van der Waals surface area contributed by atoms with E-state index in [0.717, 1.165) is 4.40 Å². The summed E-state index contributed by atoms with van der Waals surface area (Å²) in [4.78, 5) is 30.2. The highest BCUT2D eigenvalue weighted by Crippen LogP contribution is 2.22. The van der Waals surface area contributed by atoms with Crippen LogP contribution in [-0.2, 0) is 4.74 Å². The molecule has 0 saturated heterocycles. The molecule has 2 aromatic carbocycles. The quantitative estimate of drug-likeness (QED) is 0.470. The van der Waals surface area contributed by atoms with Crippen LogP contribution >= 0.6 is 11.6 Å². The first-order valence-corrected chi connectivity index (χ1v) is 9.37.